The van der Waals surface area contributed by atoms with Gasteiger partial charge >= 0.3 is 0 Å². The summed E-state index contributed by atoms with van der Waals surface area (Å²) in [7, 11) is 0. The Kier molecular flexibility index (Phi) is 3.05. The molecule has 1 saturated carbocycles. The second-order valence-corrected chi connectivity index (χ2v) is 7.98. The molecule has 0 N–H and O–H groups in total. The van der Waals surface area contributed by atoms with Crippen molar-refractivity contribution < 1.29 is 10.1 Å². The van der Waals surface area contributed by atoms with Crippen LogP contribution < -0.4 is 4.57 Å². The van der Waals surface area contributed by atoms with Crippen molar-refractivity contribution in [1.29, 1.82) is 0 Å². The van der Waals surface area contributed by atoms with Crippen LogP contribution in [0.4, 0.5) is 0 Å². The minimum atomic E-state index is -2.32. The zero-order valence-electron chi connectivity index (χ0n) is 20.1. The van der Waals surface area contributed by atoms with Gasteiger partial charge in [0.2, 0.25) is 0 Å². The highest BCUT2D eigenvalue weighted by Crippen LogP contribution is 2.48. The molecule has 2 heteroatoms. The lowest BCUT2D eigenvalue weighted by atomic mass is 9.76. The van der Waals surface area contributed by atoms with Crippen molar-refractivity contribution in [2.24, 2.45) is 5.92 Å². The molecule has 5 rings (SSSR count). The van der Waals surface area contributed by atoms with Crippen molar-refractivity contribution >= 4 is 0 Å². The molecule has 2 aromatic carbocycles. The normalized spacial score (nSPS) is 24.5. The van der Waals surface area contributed by atoms with Crippen LogP contribution in [-0.2, 0) is 0 Å². The molecule has 1 aliphatic heterocycles. The van der Waals surface area contributed by atoms with Crippen molar-refractivity contribution in [2.75, 3.05) is 0 Å². The van der Waals surface area contributed by atoms with Gasteiger partial charge in [0, 0.05) is 24.8 Å². The minimum absolute atomic E-state index is 0.187. The summed E-state index contributed by atoms with van der Waals surface area (Å²) < 4.78 is 39.1. The van der Waals surface area contributed by atoms with Crippen LogP contribution in [0.1, 0.15) is 71.8 Å². The molecule has 0 spiro atoms. The molecule has 0 radical (unpaired) electrons. The van der Waals surface area contributed by atoms with Crippen molar-refractivity contribution in [1.82, 2.24) is 4.57 Å². The van der Waals surface area contributed by atoms with Gasteiger partial charge in [-0.1, -0.05) is 55.7 Å². The van der Waals surface area contributed by atoms with Gasteiger partial charge in [-0.15, -0.1) is 0 Å². The lowest BCUT2D eigenvalue weighted by Crippen LogP contribution is -2.37. The SMILES string of the molecule is [2H]C([2H])([2H])c1n2c(c(C)[n+]1-c1ccccc1C)C([2H])(C1CCCCC1)c1ccccc1-2. The van der Waals surface area contributed by atoms with E-state index in [1.54, 1.807) is 0 Å². The first-order valence-corrected chi connectivity index (χ1v) is 10.1. The highest BCUT2D eigenvalue weighted by Gasteiger charge is 2.44. The highest BCUT2D eigenvalue weighted by molar-refractivity contribution is 5.55. The third-order valence-electron chi connectivity index (χ3n) is 6.39. The predicted molar refractivity (Wildman–Crippen MR) is 110 cm³/mol. The molecule has 1 aromatic heterocycles. The topological polar surface area (TPSA) is 8.81 Å². The van der Waals surface area contributed by atoms with E-state index in [1.165, 1.54) is 6.42 Å². The zero-order chi connectivity index (χ0) is 22.0. The fraction of sp³-hybridized carbons (Fsp3) is 0.400. The van der Waals surface area contributed by atoms with E-state index in [4.69, 9.17) is 4.11 Å². The summed E-state index contributed by atoms with van der Waals surface area (Å²) in [5.74, 6) is -0.478. The van der Waals surface area contributed by atoms with Crippen LogP contribution in [0.3, 0.4) is 0 Å². The quantitative estimate of drug-likeness (QED) is 0.517. The molecule has 0 bridgehead atoms. The molecule has 27 heavy (non-hydrogen) atoms. The molecule has 1 atom stereocenters. The molecule has 0 amide bonds. The average molecular weight is 362 g/mol. The standard InChI is InChI=1S/C25H29N2/c1-17-11-7-9-15-22(17)26-18(2)25-24(20-12-5-4-6-13-20)21-14-8-10-16-23(21)27(25)19(26)3/h7-11,14-16,20,24H,4-6,12-13H2,1-3H3/q+1/i3D3,24D. The van der Waals surface area contributed by atoms with Gasteiger partial charge in [-0.25, -0.2) is 0 Å². The lowest BCUT2D eigenvalue weighted by Gasteiger charge is -2.26. The van der Waals surface area contributed by atoms with E-state index in [1.807, 2.05) is 71.5 Å². The third-order valence-corrected chi connectivity index (χ3v) is 6.39. The number of para-hydroxylation sites is 2. The molecule has 2 aliphatic rings. The Hall–Kier alpha value is -2.35. The van der Waals surface area contributed by atoms with Crippen LogP contribution in [0.5, 0.6) is 0 Å². The van der Waals surface area contributed by atoms with Gasteiger partial charge in [0.25, 0.3) is 5.82 Å². The molecule has 2 nitrogen and oxygen atoms in total. The van der Waals surface area contributed by atoms with E-state index in [-0.39, 0.29) is 11.7 Å². The van der Waals surface area contributed by atoms with E-state index in [0.717, 1.165) is 59.6 Å². The molecule has 1 fully saturated rings. The fourth-order valence-corrected chi connectivity index (χ4v) is 5.12. The molecule has 0 saturated heterocycles. The number of imidazole rings is 1. The Morgan fingerprint density at radius 3 is 2.52 bits per heavy atom. The second kappa shape index (κ2) is 6.37. The Balaban J connectivity index is 1.89. The van der Waals surface area contributed by atoms with Crippen LogP contribution >= 0.6 is 0 Å². The molecule has 1 unspecified atom stereocenters. The number of fused-ring (bicyclic) bond motifs is 3. The van der Waals surface area contributed by atoms with Crippen LogP contribution in [0.2, 0.25) is 0 Å². The maximum Gasteiger partial charge on any atom is 0.264 e. The van der Waals surface area contributed by atoms with Crippen LogP contribution in [0.15, 0.2) is 48.5 Å². The van der Waals surface area contributed by atoms with Gasteiger partial charge in [-0.05, 0) is 43.4 Å². The largest absolute Gasteiger partial charge is 0.264 e. The average Bonchev–Trinajstić information content (AvgIpc) is 3.21. The lowest BCUT2D eigenvalue weighted by molar-refractivity contribution is -0.609. The summed E-state index contributed by atoms with van der Waals surface area (Å²) in [5.41, 5.74) is 5.37. The van der Waals surface area contributed by atoms with E-state index < -0.39 is 12.7 Å². The van der Waals surface area contributed by atoms with Gasteiger partial charge in [0.1, 0.15) is 17.1 Å². The van der Waals surface area contributed by atoms with Crippen molar-refractivity contribution in [2.45, 2.75) is 58.7 Å². The van der Waals surface area contributed by atoms with Crippen molar-refractivity contribution in [3.05, 3.63) is 76.9 Å². The molecular formula is C25H29N2+. The number of aromatic nitrogens is 2. The number of benzene rings is 2. The smallest absolute Gasteiger partial charge is 0.197 e. The minimum Gasteiger partial charge on any atom is -0.197 e. The number of hydrogen-bond acceptors (Lipinski definition) is 0. The van der Waals surface area contributed by atoms with E-state index in [2.05, 4.69) is 0 Å². The van der Waals surface area contributed by atoms with Crippen LogP contribution in [0, 0.1) is 26.6 Å². The Morgan fingerprint density at radius 1 is 1.00 bits per heavy atom. The number of aryl methyl sites for hydroxylation is 1. The third kappa shape index (κ3) is 2.42. The van der Waals surface area contributed by atoms with Gasteiger partial charge in [0.05, 0.1) is 5.89 Å². The maximum absolute atomic E-state index is 9.89. The van der Waals surface area contributed by atoms with E-state index >= 15 is 0 Å². The van der Waals surface area contributed by atoms with Crippen LogP contribution in [0.25, 0.3) is 11.4 Å². The highest BCUT2D eigenvalue weighted by atomic mass is 15.2. The molecule has 2 heterocycles. The first-order chi connectivity index (χ1) is 14.8. The summed E-state index contributed by atoms with van der Waals surface area (Å²) in [5, 5.41) is 0. The number of hydrogen-bond donors (Lipinski definition) is 0. The number of rotatable bonds is 2. The van der Waals surface area contributed by atoms with Crippen LogP contribution in [-0.4, -0.2) is 4.57 Å². The summed E-state index contributed by atoms with van der Waals surface area (Å²) in [6, 6.07) is 15.9. The fourth-order valence-electron chi connectivity index (χ4n) is 5.12. The van der Waals surface area contributed by atoms with Gasteiger partial charge in [0.15, 0.2) is 5.69 Å². The molecule has 1 aliphatic carbocycles. The number of nitrogens with zero attached hydrogens (tertiary/aromatic N) is 2. The summed E-state index contributed by atoms with van der Waals surface area (Å²) in [6.07, 6.45) is 5.51. The molecular weight excluding hydrogens is 328 g/mol. The predicted octanol–water partition coefficient (Wildman–Crippen LogP) is 5.70. The Labute approximate surface area is 168 Å². The first kappa shape index (κ1) is 12.9. The first-order valence-electron chi connectivity index (χ1n) is 12.1. The molecule has 3 aromatic rings. The van der Waals surface area contributed by atoms with E-state index in [9.17, 15) is 1.37 Å². The van der Waals surface area contributed by atoms with Gasteiger partial charge < -0.3 is 0 Å². The maximum atomic E-state index is 9.89. The van der Waals surface area contributed by atoms with E-state index in [0.29, 0.717) is 0 Å². The second-order valence-electron chi connectivity index (χ2n) is 7.98. The Morgan fingerprint density at radius 2 is 1.74 bits per heavy atom. The monoisotopic (exact) mass is 361 g/mol. The summed E-state index contributed by atoms with van der Waals surface area (Å²) in [6.45, 7) is 1.68. The molecule has 138 valence electrons. The summed E-state index contributed by atoms with van der Waals surface area (Å²) >= 11 is 0. The van der Waals surface area contributed by atoms with Crippen molar-refractivity contribution in [3.8, 4) is 11.4 Å². The summed E-state index contributed by atoms with van der Waals surface area (Å²) in [4.78, 5) is 0. The van der Waals surface area contributed by atoms with Crippen molar-refractivity contribution in [3.63, 3.8) is 0 Å². The zero-order valence-corrected chi connectivity index (χ0v) is 16.1. The van der Waals surface area contributed by atoms with Gasteiger partial charge in [-0.2, -0.15) is 9.13 Å². The Bertz CT molecular complexity index is 1150. The van der Waals surface area contributed by atoms with Gasteiger partial charge in [-0.3, -0.25) is 0 Å².